The Bertz CT molecular complexity index is 701. The van der Waals surface area contributed by atoms with Crippen molar-refractivity contribution in [2.24, 2.45) is 0 Å². The van der Waals surface area contributed by atoms with E-state index >= 15 is 0 Å². The molecule has 3 nitrogen and oxygen atoms in total. The monoisotopic (exact) mass is 253 g/mol. The van der Waals surface area contributed by atoms with Crippen LogP contribution in [0, 0.1) is 5.82 Å². The van der Waals surface area contributed by atoms with Crippen molar-refractivity contribution in [3.8, 4) is 22.6 Å². The molecule has 3 aromatic rings. The van der Waals surface area contributed by atoms with Crippen LogP contribution >= 0.6 is 0 Å². The number of aromatic nitrogens is 2. The van der Waals surface area contributed by atoms with E-state index in [1.54, 1.807) is 12.3 Å². The Kier molecular flexibility index (Phi) is 2.76. The topological polar surface area (TPSA) is 54.7 Å². The van der Waals surface area contributed by atoms with Crippen LogP contribution in [0.15, 0.2) is 54.7 Å². The molecule has 3 N–H and O–H groups in total. The van der Waals surface area contributed by atoms with E-state index in [2.05, 4.69) is 9.97 Å². The maximum absolute atomic E-state index is 13.2. The van der Waals surface area contributed by atoms with Gasteiger partial charge in [-0.25, -0.2) is 9.37 Å². The van der Waals surface area contributed by atoms with Crippen LogP contribution in [0.2, 0.25) is 0 Å². The number of anilines is 1. The first-order valence-corrected chi connectivity index (χ1v) is 5.89. The molecule has 2 aromatic carbocycles. The summed E-state index contributed by atoms with van der Waals surface area (Å²) in [4.78, 5) is 7.48. The third-order valence-corrected chi connectivity index (χ3v) is 2.90. The van der Waals surface area contributed by atoms with Gasteiger partial charge in [0.05, 0.1) is 11.9 Å². The molecule has 0 radical (unpaired) electrons. The highest BCUT2D eigenvalue weighted by Crippen LogP contribution is 2.23. The molecular formula is C15H12FN3. The highest BCUT2D eigenvalue weighted by atomic mass is 19.1. The van der Waals surface area contributed by atoms with Gasteiger partial charge in [0.2, 0.25) is 0 Å². The van der Waals surface area contributed by atoms with E-state index < -0.39 is 0 Å². The fraction of sp³-hybridized carbons (Fsp3) is 0. The summed E-state index contributed by atoms with van der Waals surface area (Å²) in [7, 11) is 0. The number of benzene rings is 2. The van der Waals surface area contributed by atoms with Crippen LogP contribution in [0.1, 0.15) is 0 Å². The second kappa shape index (κ2) is 4.57. The molecule has 0 unspecified atom stereocenters. The number of nitrogens with two attached hydrogens (primary N) is 1. The Balaban J connectivity index is 1.97. The molecule has 0 spiro atoms. The van der Waals surface area contributed by atoms with Crippen LogP contribution < -0.4 is 5.73 Å². The molecule has 94 valence electrons. The van der Waals surface area contributed by atoms with Crippen LogP contribution in [-0.2, 0) is 0 Å². The second-order valence-electron chi connectivity index (χ2n) is 4.28. The van der Waals surface area contributed by atoms with Gasteiger partial charge in [0.1, 0.15) is 11.6 Å². The maximum Gasteiger partial charge on any atom is 0.137 e. The number of H-pyrrole nitrogens is 1. The molecular weight excluding hydrogens is 241 g/mol. The lowest BCUT2D eigenvalue weighted by atomic mass is 10.1. The molecule has 1 aromatic heterocycles. The third-order valence-electron chi connectivity index (χ3n) is 2.90. The lowest BCUT2D eigenvalue weighted by Gasteiger charge is -1.99. The average molecular weight is 253 g/mol. The Morgan fingerprint density at radius 3 is 2.53 bits per heavy atom. The van der Waals surface area contributed by atoms with E-state index in [9.17, 15) is 4.39 Å². The van der Waals surface area contributed by atoms with E-state index in [1.807, 2.05) is 30.3 Å². The van der Waals surface area contributed by atoms with Crippen molar-refractivity contribution in [2.75, 3.05) is 5.73 Å². The molecule has 4 heteroatoms. The number of halogens is 1. The molecule has 0 aliphatic rings. The molecule has 3 rings (SSSR count). The lowest BCUT2D eigenvalue weighted by molar-refractivity contribution is 0.628. The Labute approximate surface area is 109 Å². The summed E-state index contributed by atoms with van der Waals surface area (Å²) in [6.45, 7) is 0. The summed E-state index contributed by atoms with van der Waals surface area (Å²) < 4.78 is 13.2. The van der Waals surface area contributed by atoms with Crippen LogP contribution in [0.25, 0.3) is 22.6 Å². The molecule has 0 saturated heterocycles. The minimum Gasteiger partial charge on any atom is -0.399 e. The standard InChI is InChI=1S/C15H12FN3/c16-12-3-1-2-11(8-12)14-9-18-15(19-14)10-4-6-13(17)7-5-10/h1-9H,17H2,(H,18,19). The first kappa shape index (κ1) is 11.5. The Morgan fingerprint density at radius 1 is 1.00 bits per heavy atom. The lowest BCUT2D eigenvalue weighted by Crippen LogP contribution is -1.85. The number of nitrogens with zero attached hydrogens (tertiary/aromatic N) is 1. The first-order valence-electron chi connectivity index (χ1n) is 5.89. The van der Waals surface area contributed by atoms with Crippen molar-refractivity contribution in [1.82, 2.24) is 9.97 Å². The predicted octanol–water partition coefficient (Wildman–Crippen LogP) is 3.47. The van der Waals surface area contributed by atoms with Gasteiger partial charge in [0.25, 0.3) is 0 Å². The molecule has 0 bridgehead atoms. The van der Waals surface area contributed by atoms with Gasteiger partial charge in [0, 0.05) is 16.8 Å². The summed E-state index contributed by atoms with van der Waals surface area (Å²) in [6, 6.07) is 13.8. The summed E-state index contributed by atoms with van der Waals surface area (Å²) in [6.07, 6.45) is 1.69. The van der Waals surface area contributed by atoms with Gasteiger partial charge < -0.3 is 10.7 Å². The number of imidazole rings is 1. The number of rotatable bonds is 2. The van der Waals surface area contributed by atoms with Gasteiger partial charge in [0.15, 0.2) is 0 Å². The van der Waals surface area contributed by atoms with Gasteiger partial charge in [-0.1, -0.05) is 12.1 Å². The number of nitrogen functional groups attached to an aromatic ring is 1. The summed E-state index contributed by atoms with van der Waals surface area (Å²) >= 11 is 0. The normalized spacial score (nSPS) is 10.6. The zero-order valence-corrected chi connectivity index (χ0v) is 10.1. The molecule has 19 heavy (non-hydrogen) atoms. The fourth-order valence-electron chi connectivity index (χ4n) is 1.91. The van der Waals surface area contributed by atoms with Crippen molar-refractivity contribution in [3.63, 3.8) is 0 Å². The van der Waals surface area contributed by atoms with E-state index in [0.717, 1.165) is 22.6 Å². The Morgan fingerprint density at radius 2 is 1.79 bits per heavy atom. The molecule has 0 fully saturated rings. The first-order chi connectivity index (χ1) is 9.22. The molecule has 1 heterocycles. The smallest absolute Gasteiger partial charge is 0.137 e. The van der Waals surface area contributed by atoms with Gasteiger partial charge in [-0.05, 0) is 36.4 Å². The van der Waals surface area contributed by atoms with Crippen molar-refractivity contribution in [2.45, 2.75) is 0 Å². The van der Waals surface area contributed by atoms with Crippen molar-refractivity contribution in [1.29, 1.82) is 0 Å². The molecule has 0 saturated carbocycles. The van der Waals surface area contributed by atoms with E-state index in [-0.39, 0.29) is 5.82 Å². The summed E-state index contributed by atoms with van der Waals surface area (Å²) in [5, 5.41) is 0. The minimum absolute atomic E-state index is 0.263. The van der Waals surface area contributed by atoms with Gasteiger partial charge >= 0.3 is 0 Å². The van der Waals surface area contributed by atoms with Crippen LogP contribution in [0.3, 0.4) is 0 Å². The highest BCUT2D eigenvalue weighted by Gasteiger charge is 2.05. The summed E-state index contributed by atoms with van der Waals surface area (Å²) in [5.41, 5.74) is 8.85. The van der Waals surface area contributed by atoms with Crippen molar-refractivity contribution >= 4 is 5.69 Å². The van der Waals surface area contributed by atoms with E-state index in [4.69, 9.17) is 5.73 Å². The van der Waals surface area contributed by atoms with E-state index in [0.29, 0.717) is 5.69 Å². The number of hydrogen-bond acceptors (Lipinski definition) is 2. The fourth-order valence-corrected chi connectivity index (χ4v) is 1.91. The maximum atomic E-state index is 13.2. The summed E-state index contributed by atoms with van der Waals surface area (Å²) in [5.74, 6) is 0.473. The largest absolute Gasteiger partial charge is 0.399 e. The van der Waals surface area contributed by atoms with Gasteiger partial charge in [-0.15, -0.1) is 0 Å². The number of nitrogens with one attached hydrogen (secondary N) is 1. The number of aromatic amines is 1. The quantitative estimate of drug-likeness (QED) is 0.687. The SMILES string of the molecule is Nc1ccc(-c2ncc(-c3cccc(F)c3)[nH]2)cc1. The van der Waals surface area contributed by atoms with Gasteiger partial charge in [-0.2, -0.15) is 0 Å². The molecule has 0 aliphatic heterocycles. The zero-order chi connectivity index (χ0) is 13.2. The predicted molar refractivity (Wildman–Crippen MR) is 73.8 cm³/mol. The van der Waals surface area contributed by atoms with Crippen molar-refractivity contribution in [3.05, 3.63) is 60.5 Å². The van der Waals surface area contributed by atoms with Crippen molar-refractivity contribution < 1.29 is 4.39 Å². The van der Waals surface area contributed by atoms with Gasteiger partial charge in [-0.3, -0.25) is 0 Å². The van der Waals surface area contributed by atoms with E-state index in [1.165, 1.54) is 12.1 Å². The third kappa shape index (κ3) is 2.33. The zero-order valence-electron chi connectivity index (χ0n) is 10.1. The Hall–Kier alpha value is -2.62. The average Bonchev–Trinajstić information content (AvgIpc) is 2.89. The number of hydrogen-bond donors (Lipinski definition) is 2. The highest BCUT2D eigenvalue weighted by molar-refractivity contribution is 5.65. The minimum atomic E-state index is -0.263. The second-order valence-corrected chi connectivity index (χ2v) is 4.28. The molecule has 0 amide bonds. The van der Waals surface area contributed by atoms with Crippen LogP contribution in [-0.4, -0.2) is 9.97 Å². The molecule has 0 atom stereocenters. The van der Waals surface area contributed by atoms with Crippen LogP contribution in [0.5, 0.6) is 0 Å². The molecule has 0 aliphatic carbocycles. The van der Waals surface area contributed by atoms with Crippen LogP contribution in [0.4, 0.5) is 10.1 Å².